The van der Waals surface area contributed by atoms with E-state index in [9.17, 15) is 4.79 Å². The summed E-state index contributed by atoms with van der Waals surface area (Å²) in [6.45, 7) is 2.36. The second kappa shape index (κ2) is 12.1. The third kappa shape index (κ3) is 6.63. The zero-order valence-electron chi connectivity index (χ0n) is 20.5. The Hall–Kier alpha value is -2.93. The molecule has 0 aromatic heterocycles. The molecule has 39 heavy (non-hydrogen) atoms. The van der Waals surface area contributed by atoms with Crippen LogP contribution in [0.4, 0.5) is 11.4 Å². The molecule has 0 atom stereocenters. The Bertz CT molecular complexity index is 1560. The molecule has 1 saturated heterocycles. The molecule has 1 heterocycles. The van der Waals surface area contributed by atoms with Gasteiger partial charge in [0.2, 0.25) is 0 Å². The number of anilines is 1. The maximum atomic E-state index is 13.6. The van der Waals surface area contributed by atoms with E-state index >= 15 is 0 Å². The van der Waals surface area contributed by atoms with Crippen LogP contribution in [0.2, 0.25) is 20.1 Å². The summed E-state index contributed by atoms with van der Waals surface area (Å²) >= 11 is 26.5. The number of amidine groups is 1. The Kier molecular flexibility index (Phi) is 8.55. The van der Waals surface area contributed by atoms with Crippen LogP contribution in [-0.2, 0) is 11.4 Å². The average Bonchev–Trinajstić information content (AvgIpc) is 3.20. The number of hydrogen-bond acceptors (Lipinski definition) is 4. The van der Waals surface area contributed by atoms with Gasteiger partial charge in [-0.15, -0.1) is 0 Å². The van der Waals surface area contributed by atoms with E-state index < -0.39 is 0 Å². The van der Waals surface area contributed by atoms with E-state index in [1.807, 2.05) is 31.2 Å². The van der Waals surface area contributed by atoms with E-state index in [0.29, 0.717) is 59.5 Å². The zero-order chi connectivity index (χ0) is 27.5. The van der Waals surface area contributed by atoms with Crippen LogP contribution in [-0.4, -0.2) is 11.1 Å². The number of carbonyl (C=O) groups is 1. The molecule has 1 aliphatic rings. The van der Waals surface area contributed by atoms with Crippen molar-refractivity contribution in [1.29, 1.82) is 0 Å². The van der Waals surface area contributed by atoms with Crippen LogP contribution < -0.4 is 9.64 Å². The highest BCUT2D eigenvalue weighted by molar-refractivity contribution is 8.19. The third-order valence-electron chi connectivity index (χ3n) is 5.76. The predicted molar refractivity (Wildman–Crippen MR) is 165 cm³/mol. The topological polar surface area (TPSA) is 41.9 Å². The summed E-state index contributed by atoms with van der Waals surface area (Å²) in [5.74, 6) is 0.154. The molecule has 0 unspecified atom stereocenters. The standard InChI is InChI=1S/C30H20Cl4N2O2S/c1-18-2-4-19(5-3-18)17-38-28-25(33)14-20(15-26(28)34)16-27-29(37)36(24-12-8-22(32)9-13-24)30(39-27)35-23-10-6-21(31)7-11-23/h2-16H,17H2,1H3/b27-16-,35-30?. The number of nitrogens with zero attached hydrogens (tertiary/aromatic N) is 2. The van der Waals surface area contributed by atoms with Gasteiger partial charge in [0.15, 0.2) is 10.9 Å². The quantitative estimate of drug-likeness (QED) is 0.203. The molecule has 0 N–H and O–H groups in total. The summed E-state index contributed by atoms with van der Waals surface area (Å²) in [5.41, 5.74) is 4.14. The summed E-state index contributed by atoms with van der Waals surface area (Å²) in [7, 11) is 0. The Morgan fingerprint density at radius 2 is 1.44 bits per heavy atom. The summed E-state index contributed by atoms with van der Waals surface area (Å²) in [6.07, 6.45) is 1.74. The largest absolute Gasteiger partial charge is 0.486 e. The maximum absolute atomic E-state index is 13.6. The van der Waals surface area contributed by atoms with Crippen molar-refractivity contribution < 1.29 is 9.53 Å². The van der Waals surface area contributed by atoms with Gasteiger partial charge in [-0.1, -0.05) is 76.2 Å². The number of carbonyl (C=O) groups excluding carboxylic acids is 1. The van der Waals surface area contributed by atoms with E-state index in [0.717, 1.165) is 5.56 Å². The normalized spacial score (nSPS) is 15.4. The number of aliphatic imine (C=N–C) groups is 1. The lowest BCUT2D eigenvalue weighted by molar-refractivity contribution is -0.113. The number of ether oxygens (including phenoxy) is 1. The molecule has 5 rings (SSSR count). The molecule has 1 amide bonds. The number of benzene rings is 4. The monoisotopic (exact) mass is 612 g/mol. The lowest BCUT2D eigenvalue weighted by atomic mass is 10.1. The number of amides is 1. The second-order valence-electron chi connectivity index (χ2n) is 8.69. The lowest BCUT2D eigenvalue weighted by Crippen LogP contribution is -2.28. The van der Waals surface area contributed by atoms with E-state index in [1.165, 1.54) is 17.3 Å². The molecular weight excluding hydrogens is 594 g/mol. The van der Waals surface area contributed by atoms with Crippen molar-refractivity contribution in [3.05, 3.63) is 127 Å². The van der Waals surface area contributed by atoms with Gasteiger partial charge in [0, 0.05) is 10.0 Å². The first-order valence-electron chi connectivity index (χ1n) is 11.8. The number of aryl methyl sites for hydroxylation is 1. The minimum atomic E-state index is -0.234. The average molecular weight is 614 g/mol. The van der Waals surface area contributed by atoms with Crippen molar-refractivity contribution in [3.63, 3.8) is 0 Å². The lowest BCUT2D eigenvalue weighted by Gasteiger charge is -2.15. The van der Waals surface area contributed by atoms with Gasteiger partial charge in [-0.05, 0) is 96.6 Å². The van der Waals surface area contributed by atoms with Crippen molar-refractivity contribution in [2.24, 2.45) is 4.99 Å². The number of thioether (sulfide) groups is 1. The Labute approximate surface area is 250 Å². The molecule has 0 bridgehead atoms. The molecule has 9 heteroatoms. The van der Waals surface area contributed by atoms with Gasteiger partial charge < -0.3 is 4.74 Å². The highest BCUT2D eigenvalue weighted by Crippen LogP contribution is 2.40. The highest BCUT2D eigenvalue weighted by Gasteiger charge is 2.35. The molecule has 1 fully saturated rings. The molecule has 1 aliphatic heterocycles. The van der Waals surface area contributed by atoms with Crippen LogP contribution in [0, 0.1) is 6.92 Å². The maximum Gasteiger partial charge on any atom is 0.271 e. The Balaban J connectivity index is 1.44. The van der Waals surface area contributed by atoms with E-state index in [2.05, 4.69) is 0 Å². The van der Waals surface area contributed by atoms with Gasteiger partial charge in [0.25, 0.3) is 5.91 Å². The van der Waals surface area contributed by atoms with E-state index in [1.54, 1.807) is 71.6 Å². The number of halogens is 4. The van der Waals surface area contributed by atoms with Gasteiger partial charge in [-0.25, -0.2) is 4.99 Å². The highest BCUT2D eigenvalue weighted by atomic mass is 35.5. The molecule has 0 saturated carbocycles. The van der Waals surface area contributed by atoms with Crippen LogP contribution in [0.15, 0.2) is 94.8 Å². The molecule has 4 aromatic carbocycles. The van der Waals surface area contributed by atoms with Crippen molar-refractivity contribution in [1.82, 2.24) is 0 Å². The van der Waals surface area contributed by atoms with E-state index in [4.69, 9.17) is 56.1 Å². The molecule has 4 nitrogen and oxygen atoms in total. The molecule has 0 radical (unpaired) electrons. The van der Waals surface area contributed by atoms with Crippen molar-refractivity contribution in [3.8, 4) is 5.75 Å². The van der Waals surface area contributed by atoms with Crippen LogP contribution in [0.3, 0.4) is 0 Å². The van der Waals surface area contributed by atoms with Crippen molar-refractivity contribution >= 4 is 86.7 Å². The van der Waals surface area contributed by atoms with Crippen molar-refractivity contribution in [2.45, 2.75) is 13.5 Å². The van der Waals surface area contributed by atoms with Gasteiger partial charge in [0.05, 0.1) is 26.3 Å². The van der Waals surface area contributed by atoms with Gasteiger partial charge >= 0.3 is 0 Å². The third-order valence-corrected chi connectivity index (χ3v) is 7.80. The second-order valence-corrected chi connectivity index (χ2v) is 11.4. The van der Waals surface area contributed by atoms with Gasteiger partial charge in [0.1, 0.15) is 6.61 Å². The van der Waals surface area contributed by atoms with Crippen LogP contribution in [0.5, 0.6) is 5.75 Å². The molecular formula is C30H20Cl4N2O2S. The fourth-order valence-electron chi connectivity index (χ4n) is 3.78. The molecule has 0 aliphatic carbocycles. The fraction of sp³-hybridized carbons (Fsp3) is 0.0667. The zero-order valence-corrected chi connectivity index (χ0v) is 24.3. The van der Waals surface area contributed by atoms with Gasteiger partial charge in [-0.2, -0.15) is 0 Å². The Morgan fingerprint density at radius 1 is 0.846 bits per heavy atom. The molecule has 0 spiro atoms. The number of rotatable bonds is 6. The summed E-state index contributed by atoms with van der Waals surface area (Å²) in [6, 6.07) is 25.5. The number of hydrogen-bond donors (Lipinski definition) is 0. The molecule has 4 aromatic rings. The minimum absolute atomic E-state index is 0.234. The first-order chi connectivity index (χ1) is 18.8. The fourth-order valence-corrected chi connectivity index (χ4v) is 5.65. The van der Waals surface area contributed by atoms with Crippen LogP contribution in [0.1, 0.15) is 16.7 Å². The van der Waals surface area contributed by atoms with Crippen molar-refractivity contribution in [2.75, 3.05) is 4.90 Å². The Morgan fingerprint density at radius 3 is 2.05 bits per heavy atom. The first-order valence-corrected chi connectivity index (χ1v) is 14.1. The van der Waals surface area contributed by atoms with Crippen LogP contribution in [0.25, 0.3) is 6.08 Å². The van der Waals surface area contributed by atoms with Crippen LogP contribution >= 0.6 is 58.2 Å². The van der Waals surface area contributed by atoms with E-state index in [-0.39, 0.29) is 5.91 Å². The molecule has 196 valence electrons. The predicted octanol–water partition coefficient (Wildman–Crippen LogP) is 10.00. The summed E-state index contributed by atoms with van der Waals surface area (Å²) in [5, 5.41) is 2.36. The SMILES string of the molecule is Cc1ccc(COc2c(Cl)cc(/C=C3\SC(=Nc4ccc(Cl)cc4)N(c4ccc(Cl)cc4)C3=O)cc2Cl)cc1. The minimum Gasteiger partial charge on any atom is -0.486 e. The summed E-state index contributed by atoms with van der Waals surface area (Å²) < 4.78 is 5.91. The summed E-state index contributed by atoms with van der Waals surface area (Å²) in [4.78, 5) is 20.3. The van der Waals surface area contributed by atoms with Gasteiger partial charge in [-0.3, -0.25) is 9.69 Å². The first kappa shape index (κ1) is 27.6. The smallest absolute Gasteiger partial charge is 0.271 e.